The number of piperidine rings is 1. The van der Waals surface area contributed by atoms with Crippen molar-refractivity contribution in [1.29, 1.82) is 0 Å². The van der Waals surface area contributed by atoms with Gasteiger partial charge in [0.1, 0.15) is 11.5 Å². The average molecular weight is 357 g/mol. The Morgan fingerprint density at radius 1 is 1.19 bits per heavy atom. The van der Waals surface area contributed by atoms with Gasteiger partial charge in [-0.15, -0.1) is 0 Å². The molecule has 7 heteroatoms. The number of nitrogens with zero attached hydrogens (tertiary/aromatic N) is 2. The minimum atomic E-state index is -0.561. The predicted molar refractivity (Wildman–Crippen MR) is 94.3 cm³/mol. The molecule has 136 valence electrons. The first-order chi connectivity index (χ1) is 12.4. The van der Waals surface area contributed by atoms with Crippen LogP contribution in [0.4, 0.5) is 4.39 Å². The fourth-order valence-electron chi connectivity index (χ4n) is 4.09. The van der Waals surface area contributed by atoms with Gasteiger partial charge < -0.3 is 14.8 Å². The third-order valence-electron chi connectivity index (χ3n) is 5.46. The van der Waals surface area contributed by atoms with Crippen LogP contribution in [0, 0.1) is 11.7 Å². The van der Waals surface area contributed by atoms with Gasteiger partial charge in [-0.2, -0.15) is 0 Å². The molecule has 0 spiro atoms. The van der Waals surface area contributed by atoms with E-state index in [0.717, 1.165) is 12.8 Å². The number of hydrogen-bond acceptors (Lipinski definition) is 3. The zero-order valence-electron chi connectivity index (χ0n) is 14.5. The Balaban J connectivity index is 1.70. The topological polar surface area (TPSA) is 73.5 Å². The number of H-pyrrole nitrogens is 1. The summed E-state index contributed by atoms with van der Waals surface area (Å²) in [5.74, 6) is -0.635. The summed E-state index contributed by atoms with van der Waals surface area (Å²) >= 11 is 0. The molecule has 4 heterocycles. The van der Waals surface area contributed by atoms with E-state index in [1.165, 1.54) is 24.3 Å². The summed E-state index contributed by atoms with van der Waals surface area (Å²) in [6.45, 7) is 3.24. The Labute approximate surface area is 149 Å². The first-order valence-corrected chi connectivity index (χ1v) is 8.82. The molecule has 3 aliphatic heterocycles. The van der Waals surface area contributed by atoms with Crippen molar-refractivity contribution in [2.75, 3.05) is 19.6 Å². The normalized spacial score (nSPS) is 22.5. The van der Waals surface area contributed by atoms with Crippen molar-refractivity contribution < 1.29 is 14.0 Å². The zero-order valence-corrected chi connectivity index (χ0v) is 14.5. The molecule has 2 atom stereocenters. The van der Waals surface area contributed by atoms with Gasteiger partial charge >= 0.3 is 0 Å². The lowest BCUT2D eigenvalue weighted by molar-refractivity contribution is -0.129. The Hall–Kier alpha value is -2.70. The summed E-state index contributed by atoms with van der Waals surface area (Å²) < 4.78 is 14.1. The van der Waals surface area contributed by atoms with Gasteiger partial charge in [0.15, 0.2) is 5.43 Å². The van der Waals surface area contributed by atoms with Crippen LogP contribution in [0.15, 0.2) is 29.1 Å². The van der Waals surface area contributed by atoms with Gasteiger partial charge in [0, 0.05) is 44.1 Å². The molecule has 0 saturated carbocycles. The van der Waals surface area contributed by atoms with E-state index in [2.05, 4.69) is 4.98 Å². The highest BCUT2D eigenvalue weighted by atomic mass is 19.1. The van der Waals surface area contributed by atoms with Gasteiger partial charge in [-0.05, 0) is 30.9 Å². The largest absolute Gasteiger partial charge is 0.348 e. The SMILES string of the molecule is CC(=O)N1C[C@@H]2CC[C@H](C1)N(C(=O)c1cc(=O)c3cccc(F)c3[nH]1)C2. The maximum atomic E-state index is 14.1. The van der Waals surface area contributed by atoms with Crippen molar-refractivity contribution >= 4 is 22.7 Å². The Morgan fingerprint density at radius 2 is 2.00 bits per heavy atom. The quantitative estimate of drug-likeness (QED) is 0.845. The molecule has 3 saturated heterocycles. The van der Waals surface area contributed by atoms with Crippen LogP contribution in [0.3, 0.4) is 0 Å². The molecular formula is C19H20FN3O3. The number of rotatable bonds is 1. The van der Waals surface area contributed by atoms with E-state index >= 15 is 0 Å². The number of fused-ring (bicyclic) bond motifs is 5. The lowest BCUT2D eigenvalue weighted by Crippen LogP contribution is -2.48. The maximum absolute atomic E-state index is 14.1. The molecule has 3 fully saturated rings. The van der Waals surface area contributed by atoms with Crippen molar-refractivity contribution in [2.45, 2.75) is 25.8 Å². The summed E-state index contributed by atoms with van der Waals surface area (Å²) in [6, 6.07) is 5.42. The lowest BCUT2D eigenvalue weighted by atomic mass is 9.94. The molecule has 26 heavy (non-hydrogen) atoms. The van der Waals surface area contributed by atoms with Crippen LogP contribution in [0.5, 0.6) is 0 Å². The Bertz CT molecular complexity index is 955. The predicted octanol–water partition coefficient (Wildman–Crippen LogP) is 1.75. The summed E-state index contributed by atoms with van der Waals surface area (Å²) in [5, 5.41) is 0.224. The first-order valence-electron chi connectivity index (χ1n) is 8.82. The van der Waals surface area contributed by atoms with Crippen LogP contribution in [-0.4, -0.2) is 52.3 Å². The van der Waals surface area contributed by atoms with E-state index in [1.54, 1.807) is 16.7 Å². The average Bonchev–Trinajstić information content (AvgIpc) is 2.94. The Morgan fingerprint density at radius 3 is 2.77 bits per heavy atom. The van der Waals surface area contributed by atoms with Crippen molar-refractivity contribution in [2.24, 2.45) is 5.92 Å². The smallest absolute Gasteiger partial charge is 0.270 e. The highest BCUT2D eigenvalue weighted by molar-refractivity contribution is 5.95. The second-order valence-electron chi connectivity index (χ2n) is 7.19. The van der Waals surface area contributed by atoms with E-state index in [0.29, 0.717) is 19.6 Å². The Kier molecular flexibility index (Phi) is 4.01. The number of amides is 2. The second kappa shape index (κ2) is 6.23. The minimum Gasteiger partial charge on any atom is -0.348 e. The molecule has 1 aromatic carbocycles. The number of hydrogen-bond donors (Lipinski definition) is 1. The molecule has 1 aromatic heterocycles. The monoisotopic (exact) mass is 357 g/mol. The number of pyridine rings is 1. The highest BCUT2D eigenvalue weighted by Crippen LogP contribution is 2.29. The van der Waals surface area contributed by atoms with Crippen LogP contribution in [0.1, 0.15) is 30.3 Å². The van der Waals surface area contributed by atoms with Crippen LogP contribution in [0.25, 0.3) is 10.9 Å². The van der Waals surface area contributed by atoms with Crippen molar-refractivity contribution in [3.05, 3.63) is 46.0 Å². The van der Waals surface area contributed by atoms with Gasteiger partial charge in [0.25, 0.3) is 5.91 Å². The van der Waals surface area contributed by atoms with Crippen molar-refractivity contribution in [3.63, 3.8) is 0 Å². The number of halogens is 1. The van der Waals surface area contributed by atoms with Gasteiger partial charge in [0.2, 0.25) is 5.91 Å². The fourth-order valence-corrected chi connectivity index (χ4v) is 4.09. The summed E-state index contributed by atoms with van der Waals surface area (Å²) in [5.41, 5.74) is -0.241. The number of carbonyl (C=O) groups excluding carboxylic acids is 2. The third kappa shape index (κ3) is 2.77. The van der Waals surface area contributed by atoms with Crippen LogP contribution >= 0.6 is 0 Å². The lowest BCUT2D eigenvalue weighted by Gasteiger charge is -2.36. The molecule has 3 aliphatic rings. The molecule has 2 amide bonds. The van der Waals surface area contributed by atoms with Gasteiger partial charge in [0.05, 0.1) is 5.52 Å². The second-order valence-corrected chi connectivity index (χ2v) is 7.19. The molecular weight excluding hydrogens is 337 g/mol. The van der Waals surface area contributed by atoms with Gasteiger partial charge in [-0.1, -0.05) is 6.07 Å². The van der Waals surface area contributed by atoms with E-state index in [1.807, 2.05) is 0 Å². The van der Waals surface area contributed by atoms with Crippen LogP contribution < -0.4 is 5.43 Å². The molecule has 5 rings (SSSR count). The molecule has 0 aliphatic carbocycles. The van der Waals surface area contributed by atoms with Crippen LogP contribution in [0.2, 0.25) is 0 Å². The summed E-state index contributed by atoms with van der Waals surface area (Å²) in [7, 11) is 0. The highest BCUT2D eigenvalue weighted by Gasteiger charge is 2.38. The van der Waals surface area contributed by atoms with E-state index in [9.17, 15) is 18.8 Å². The zero-order chi connectivity index (χ0) is 18.4. The molecule has 0 radical (unpaired) electrons. The third-order valence-corrected chi connectivity index (χ3v) is 5.46. The molecule has 6 nitrogen and oxygen atoms in total. The number of carbonyl (C=O) groups is 2. The number of nitrogens with one attached hydrogen (secondary N) is 1. The fraction of sp³-hybridized carbons (Fsp3) is 0.421. The molecule has 2 bridgehead atoms. The van der Waals surface area contributed by atoms with Crippen LogP contribution in [-0.2, 0) is 4.79 Å². The molecule has 2 aromatic rings. The molecule has 1 N–H and O–H groups in total. The van der Waals surface area contributed by atoms with Gasteiger partial charge in [-0.25, -0.2) is 4.39 Å². The number of aromatic nitrogens is 1. The minimum absolute atomic E-state index is 0.0115. The van der Waals surface area contributed by atoms with E-state index in [4.69, 9.17) is 0 Å². The summed E-state index contributed by atoms with van der Waals surface area (Å²) in [4.78, 5) is 43.5. The van der Waals surface area contributed by atoms with Crippen molar-refractivity contribution in [3.8, 4) is 0 Å². The number of benzene rings is 1. The molecule has 0 unspecified atom stereocenters. The first kappa shape index (κ1) is 16.8. The maximum Gasteiger partial charge on any atom is 0.270 e. The van der Waals surface area contributed by atoms with Gasteiger partial charge in [-0.3, -0.25) is 14.4 Å². The van der Waals surface area contributed by atoms with E-state index in [-0.39, 0.29) is 45.8 Å². The van der Waals surface area contributed by atoms with E-state index < -0.39 is 5.82 Å². The standard InChI is InChI=1S/C19H20FN3O3/c1-11(24)22-8-12-5-6-13(10-22)23(9-12)19(26)16-7-17(25)14-3-2-4-15(20)18(14)21-16/h2-4,7,12-13H,5-6,8-10H2,1H3,(H,21,25)/t12-,13+/m0/s1. The number of para-hydroxylation sites is 1. The summed E-state index contributed by atoms with van der Waals surface area (Å²) in [6.07, 6.45) is 1.80. The number of aromatic amines is 1. The van der Waals surface area contributed by atoms with Crippen molar-refractivity contribution in [1.82, 2.24) is 14.8 Å².